The Morgan fingerprint density at radius 2 is 2.07 bits per heavy atom. The lowest BCUT2D eigenvalue weighted by molar-refractivity contribution is 0.386. The number of aryl methyl sites for hydroxylation is 2. The number of nitrogens with zero attached hydrogens (tertiary/aromatic N) is 2. The van der Waals surface area contributed by atoms with Crippen molar-refractivity contribution in [3.63, 3.8) is 0 Å². The molecule has 0 saturated heterocycles. The van der Waals surface area contributed by atoms with Gasteiger partial charge in [-0.3, -0.25) is 4.68 Å². The monoisotopic (exact) mass is 209 g/mol. The highest BCUT2D eigenvalue weighted by Gasteiger charge is 2.13. The number of hydrogen-bond donors (Lipinski definition) is 1. The predicted octanol–water partition coefficient (Wildman–Crippen LogP) is 1.76. The second kappa shape index (κ2) is 5.31. The van der Waals surface area contributed by atoms with Gasteiger partial charge in [-0.15, -0.1) is 0 Å². The van der Waals surface area contributed by atoms with E-state index in [1.807, 2.05) is 11.7 Å². The fourth-order valence-corrected chi connectivity index (χ4v) is 1.70. The maximum Gasteiger partial charge on any atom is 0.0624 e. The van der Waals surface area contributed by atoms with Crippen LogP contribution in [-0.4, -0.2) is 16.3 Å². The minimum atomic E-state index is 0.574. The second-order valence-electron chi connectivity index (χ2n) is 4.50. The van der Waals surface area contributed by atoms with Crippen LogP contribution in [0.25, 0.3) is 0 Å². The molecule has 1 heterocycles. The van der Waals surface area contributed by atoms with Gasteiger partial charge in [0.1, 0.15) is 0 Å². The van der Waals surface area contributed by atoms with E-state index < -0.39 is 0 Å². The van der Waals surface area contributed by atoms with Gasteiger partial charge in [0.15, 0.2) is 0 Å². The van der Waals surface area contributed by atoms with E-state index in [4.69, 9.17) is 5.73 Å². The van der Waals surface area contributed by atoms with E-state index in [-0.39, 0.29) is 0 Å². The zero-order valence-corrected chi connectivity index (χ0v) is 10.3. The zero-order chi connectivity index (χ0) is 11.4. The Morgan fingerprint density at radius 3 is 2.53 bits per heavy atom. The van der Waals surface area contributed by atoms with Crippen molar-refractivity contribution >= 4 is 0 Å². The summed E-state index contributed by atoms with van der Waals surface area (Å²) < 4.78 is 2.00. The molecule has 0 radical (unpaired) electrons. The third-order valence-corrected chi connectivity index (χ3v) is 3.26. The Balaban J connectivity index is 2.67. The molecule has 0 amide bonds. The van der Waals surface area contributed by atoms with Crippen molar-refractivity contribution in [2.75, 3.05) is 6.54 Å². The number of rotatable bonds is 5. The fraction of sp³-hybridized carbons (Fsp3) is 0.750. The van der Waals surface area contributed by atoms with Gasteiger partial charge in [-0.25, -0.2) is 0 Å². The first-order chi connectivity index (χ1) is 7.08. The van der Waals surface area contributed by atoms with Gasteiger partial charge in [0.05, 0.1) is 5.69 Å². The lowest BCUT2D eigenvalue weighted by atomic mass is 9.91. The molecule has 3 nitrogen and oxygen atoms in total. The van der Waals surface area contributed by atoms with Crippen LogP contribution < -0.4 is 5.73 Å². The topological polar surface area (TPSA) is 43.8 Å². The summed E-state index contributed by atoms with van der Waals surface area (Å²) in [5.41, 5.74) is 8.17. The van der Waals surface area contributed by atoms with E-state index in [9.17, 15) is 0 Å². The van der Waals surface area contributed by atoms with Crippen molar-refractivity contribution in [1.82, 2.24) is 9.78 Å². The molecular formula is C12H23N3. The predicted molar refractivity (Wildman–Crippen MR) is 63.7 cm³/mol. The van der Waals surface area contributed by atoms with Crippen molar-refractivity contribution in [2.45, 2.75) is 33.6 Å². The number of nitrogens with two attached hydrogens (primary N) is 1. The van der Waals surface area contributed by atoms with Gasteiger partial charge in [0.25, 0.3) is 0 Å². The summed E-state index contributed by atoms with van der Waals surface area (Å²) in [7, 11) is 2.02. The third kappa shape index (κ3) is 3.06. The number of aromatic nitrogens is 2. The Kier molecular flexibility index (Phi) is 4.33. The Morgan fingerprint density at radius 1 is 1.40 bits per heavy atom. The molecule has 0 aliphatic rings. The SMILES string of the molecule is CCc1cc(CC(C)C(C)CN)n(C)n1. The molecule has 2 unspecified atom stereocenters. The summed E-state index contributed by atoms with van der Waals surface area (Å²) in [6.45, 7) is 7.37. The van der Waals surface area contributed by atoms with E-state index in [2.05, 4.69) is 31.9 Å². The van der Waals surface area contributed by atoms with E-state index in [0.717, 1.165) is 19.4 Å². The third-order valence-electron chi connectivity index (χ3n) is 3.26. The molecule has 1 aromatic rings. The molecule has 1 rings (SSSR count). The van der Waals surface area contributed by atoms with Crippen molar-refractivity contribution in [1.29, 1.82) is 0 Å². The molecule has 0 aliphatic carbocycles. The van der Waals surface area contributed by atoms with Crippen LogP contribution in [0.2, 0.25) is 0 Å². The number of hydrogen-bond acceptors (Lipinski definition) is 2. The normalized spacial score (nSPS) is 15.3. The molecule has 0 aliphatic heterocycles. The lowest BCUT2D eigenvalue weighted by Gasteiger charge is -2.17. The van der Waals surface area contributed by atoms with Crippen LogP contribution in [0.4, 0.5) is 0 Å². The molecule has 3 heteroatoms. The molecule has 0 spiro atoms. The highest BCUT2D eigenvalue weighted by Crippen LogP contribution is 2.16. The first-order valence-corrected chi connectivity index (χ1v) is 5.80. The molecular weight excluding hydrogens is 186 g/mol. The molecule has 86 valence electrons. The van der Waals surface area contributed by atoms with Crippen LogP contribution in [0.1, 0.15) is 32.2 Å². The summed E-state index contributed by atoms with van der Waals surface area (Å²) in [5.74, 6) is 1.19. The first-order valence-electron chi connectivity index (χ1n) is 5.80. The molecule has 0 bridgehead atoms. The van der Waals surface area contributed by atoms with E-state index in [0.29, 0.717) is 11.8 Å². The summed E-state index contributed by atoms with van der Waals surface area (Å²) in [4.78, 5) is 0. The molecule has 15 heavy (non-hydrogen) atoms. The second-order valence-corrected chi connectivity index (χ2v) is 4.50. The maximum atomic E-state index is 5.67. The summed E-state index contributed by atoms with van der Waals surface area (Å²) >= 11 is 0. The van der Waals surface area contributed by atoms with Crippen LogP contribution in [0.15, 0.2) is 6.07 Å². The summed E-state index contributed by atoms with van der Waals surface area (Å²) in [5, 5.41) is 4.45. The van der Waals surface area contributed by atoms with Crippen LogP contribution >= 0.6 is 0 Å². The Labute approximate surface area is 92.7 Å². The summed E-state index contributed by atoms with van der Waals surface area (Å²) in [6.07, 6.45) is 2.08. The van der Waals surface area contributed by atoms with Gasteiger partial charge in [0.2, 0.25) is 0 Å². The molecule has 2 N–H and O–H groups in total. The first kappa shape index (κ1) is 12.2. The van der Waals surface area contributed by atoms with Crippen LogP contribution in [0.3, 0.4) is 0 Å². The minimum absolute atomic E-state index is 0.574. The van der Waals surface area contributed by atoms with Crippen molar-refractivity contribution in [3.05, 3.63) is 17.5 Å². The molecule has 0 saturated carbocycles. The fourth-order valence-electron chi connectivity index (χ4n) is 1.70. The molecule has 1 aromatic heterocycles. The highest BCUT2D eigenvalue weighted by atomic mass is 15.3. The minimum Gasteiger partial charge on any atom is -0.330 e. The highest BCUT2D eigenvalue weighted by molar-refractivity contribution is 5.10. The smallest absolute Gasteiger partial charge is 0.0624 e. The van der Waals surface area contributed by atoms with Gasteiger partial charge in [-0.2, -0.15) is 5.10 Å². The van der Waals surface area contributed by atoms with E-state index in [1.165, 1.54) is 11.4 Å². The van der Waals surface area contributed by atoms with Crippen LogP contribution in [0, 0.1) is 11.8 Å². The van der Waals surface area contributed by atoms with Crippen molar-refractivity contribution in [2.24, 2.45) is 24.6 Å². The zero-order valence-electron chi connectivity index (χ0n) is 10.3. The average molecular weight is 209 g/mol. The van der Waals surface area contributed by atoms with Gasteiger partial charge < -0.3 is 5.73 Å². The van der Waals surface area contributed by atoms with E-state index in [1.54, 1.807) is 0 Å². The van der Waals surface area contributed by atoms with Gasteiger partial charge in [-0.05, 0) is 37.3 Å². The van der Waals surface area contributed by atoms with Gasteiger partial charge in [-0.1, -0.05) is 20.8 Å². The average Bonchev–Trinajstić information content (AvgIpc) is 2.58. The standard InChI is InChI=1S/C12H23N3/c1-5-11-7-12(15(4)14-11)6-9(2)10(3)8-13/h7,9-10H,5-6,8,13H2,1-4H3. The maximum absolute atomic E-state index is 5.67. The largest absolute Gasteiger partial charge is 0.330 e. The van der Waals surface area contributed by atoms with Gasteiger partial charge >= 0.3 is 0 Å². The van der Waals surface area contributed by atoms with Crippen LogP contribution in [0.5, 0.6) is 0 Å². The molecule has 0 aromatic carbocycles. The lowest BCUT2D eigenvalue weighted by Crippen LogP contribution is -2.20. The van der Waals surface area contributed by atoms with E-state index >= 15 is 0 Å². The summed E-state index contributed by atoms with van der Waals surface area (Å²) in [6, 6.07) is 2.21. The molecule has 0 fully saturated rings. The van der Waals surface area contributed by atoms with Crippen molar-refractivity contribution in [3.8, 4) is 0 Å². The van der Waals surface area contributed by atoms with Gasteiger partial charge in [0, 0.05) is 12.7 Å². The quantitative estimate of drug-likeness (QED) is 0.803. The van der Waals surface area contributed by atoms with Crippen LogP contribution in [-0.2, 0) is 19.9 Å². The Bertz CT molecular complexity index is 304. The van der Waals surface area contributed by atoms with Crippen molar-refractivity contribution < 1.29 is 0 Å². The Hall–Kier alpha value is -0.830. The molecule has 2 atom stereocenters.